The summed E-state index contributed by atoms with van der Waals surface area (Å²) < 4.78 is 29.5. The second-order valence-corrected chi connectivity index (χ2v) is 11.0. The third kappa shape index (κ3) is 4.42. The topological polar surface area (TPSA) is 88.4 Å². The van der Waals surface area contributed by atoms with Crippen molar-refractivity contribution in [2.45, 2.75) is 35.7 Å². The van der Waals surface area contributed by atoms with E-state index in [-0.39, 0.29) is 11.7 Å². The molecular weight excluding hydrogens is 458 g/mol. The fourth-order valence-corrected chi connectivity index (χ4v) is 6.72. The summed E-state index contributed by atoms with van der Waals surface area (Å²) in [5.41, 5.74) is 2.63. The van der Waals surface area contributed by atoms with E-state index in [4.69, 9.17) is 0 Å². The van der Waals surface area contributed by atoms with Crippen LogP contribution in [0.1, 0.15) is 24.8 Å². The second-order valence-electron chi connectivity index (χ2n) is 8.16. The van der Waals surface area contributed by atoms with Gasteiger partial charge in [-0.2, -0.15) is 4.31 Å². The molecule has 1 saturated heterocycles. The molecule has 0 atom stereocenters. The molecule has 0 radical (unpaired) electrons. The Morgan fingerprint density at radius 3 is 2.58 bits per heavy atom. The van der Waals surface area contributed by atoms with Crippen molar-refractivity contribution in [1.29, 1.82) is 0 Å². The standard InChI is InChI=1S/C23H25N5O3S2/c29-22(16-32-23-25-24-17-28(23)19-7-3-1-4-8-19)27-14-11-18-15-20(9-10-21(18)27)33(30,31)26-12-5-2-6-13-26/h1,3-4,7-10,15,17H,2,5-6,11-14,16H2. The highest BCUT2D eigenvalue weighted by atomic mass is 32.2. The summed E-state index contributed by atoms with van der Waals surface area (Å²) in [6.07, 6.45) is 5.17. The van der Waals surface area contributed by atoms with E-state index in [0.717, 1.165) is 36.2 Å². The molecule has 8 nitrogen and oxygen atoms in total. The fourth-order valence-electron chi connectivity index (χ4n) is 4.34. The molecule has 1 aromatic heterocycles. The highest BCUT2D eigenvalue weighted by Gasteiger charge is 2.30. The molecule has 0 unspecified atom stereocenters. The summed E-state index contributed by atoms with van der Waals surface area (Å²) >= 11 is 1.34. The Balaban J connectivity index is 1.28. The molecule has 0 spiro atoms. The van der Waals surface area contributed by atoms with Gasteiger partial charge in [0.05, 0.1) is 10.6 Å². The van der Waals surface area contributed by atoms with Crippen LogP contribution >= 0.6 is 11.8 Å². The minimum Gasteiger partial charge on any atom is -0.311 e. The number of thioether (sulfide) groups is 1. The first-order valence-electron chi connectivity index (χ1n) is 11.1. The van der Waals surface area contributed by atoms with Crippen molar-refractivity contribution in [3.63, 3.8) is 0 Å². The number of carbonyl (C=O) groups is 1. The molecule has 0 saturated carbocycles. The van der Waals surface area contributed by atoms with Crippen LogP contribution in [0.25, 0.3) is 5.69 Å². The van der Waals surface area contributed by atoms with E-state index in [1.54, 1.807) is 33.7 Å². The first-order valence-corrected chi connectivity index (χ1v) is 13.5. The van der Waals surface area contributed by atoms with Crippen molar-refractivity contribution in [3.8, 4) is 5.69 Å². The summed E-state index contributed by atoms with van der Waals surface area (Å²) in [5.74, 6) is 0.187. The van der Waals surface area contributed by atoms with Gasteiger partial charge in [0.25, 0.3) is 0 Å². The molecule has 3 aromatic rings. The average molecular weight is 484 g/mol. The van der Waals surface area contributed by atoms with Crippen LogP contribution in [0.5, 0.6) is 0 Å². The van der Waals surface area contributed by atoms with Gasteiger partial charge in [-0.05, 0) is 55.2 Å². The van der Waals surface area contributed by atoms with E-state index >= 15 is 0 Å². The maximum absolute atomic E-state index is 13.0. The Hall–Kier alpha value is -2.69. The Labute approximate surface area is 197 Å². The van der Waals surface area contributed by atoms with E-state index in [1.807, 2.05) is 34.9 Å². The van der Waals surface area contributed by atoms with Crippen molar-refractivity contribution in [2.24, 2.45) is 0 Å². The number of sulfonamides is 1. The molecule has 2 aromatic carbocycles. The molecule has 10 heteroatoms. The van der Waals surface area contributed by atoms with Crippen molar-refractivity contribution in [1.82, 2.24) is 19.1 Å². The lowest BCUT2D eigenvalue weighted by Gasteiger charge is -2.26. The lowest BCUT2D eigenvalue weighted by atomic mass is 10.2. The largest absolute Gasteiger partial charge is 0.311 e. The van der Waals surface area contributed by atoms with Gasteiger partial charge in [-0.1, -0.05) is 36.4 Å². The number of piperidine rings is 1. The Morgan fingerprint density at radius 2 is 1.79 bits per heavy atom. The molecule has 1 fully saturated rings. The summed E-state index contributed by atoms with van der Waals surface area (Å²) in [6.45, 7) is 1.71. The molecular formula is C23H25N5O3S2. The molecule has 0 aliphatic carbocycles. The van der Waals surface area contributed by atoms with Gasteiger partial charge >= 0.3 is 0 Å². The number of benzene rings is 2. The van der Waals surface area contributed by atoms with Gasteiger partial charge < -0.3 is 4.90 Å². The summed E-state index contributed by atoms with van der Waals surface area (Å²) in [6, 6.07) is 14.9. The smallest absolute Gasteiger partial charge is 0.243 e. The Bertz CT molecular complexity index is 1250. The average Bonchev–Trinajstić information content (AvgIpc) is 3.50. The van der Waals surface area contributed by atoms with Gasteiger partial charge in [-0.3, -0.25) is 9.36 Å². The lowest BCUT2D eigenvalue weighted by molar-refractivity contribution is -0.116. The Kier molecular flexibility index (Phi) is 6.22. The van der Waals surface area contributed by atoms with Crippen LogP contribution < -0.4 is 4.90 Å². The third-order valence-corrected chi connectivity index (χ3v) is 8.90. The fraction of sp³-hybridized carbons (Fsp3) is 0.348. The summed E-state index contributed by atoms with van der Waals surface area (Å²) in [5, 5.41) is 8.79. The van der Waals surface area contributed by atoms with Gasteiger partial charge in [0, 0.05) is 31.0 Å². The van der Waals surface area contributed by atoms with Crippen LogP contribution in [0.15, 0.2) is 64.9 Å². The van der Waals surface area contributed by atoms with Gasteiger partial charge in [0.15, 0.2) is 5.16 Å². The van der Waals surface area contributed by atoms with Crippen LogP contribution in [-0.4, -0.2) is 58.8 Å². The SMILES string of the molecule is O=C(CSc1nncn1-c1ccccc1)N1CCc2cc(S(=O)(=O)N3CCCCC3)ccc21. The third-order valence-electron chi connectivity index (χ3n) is 6.08. The van der Waals surface area contributed by atoms with Crippen molar-refractivity contribution in [2.75, 3.05) is 30.3 Å². The van der Waals surface area contributed by atoms with E-state index in [0.29, 0.717) is 36.1 Å². The van der Waals surface area contributed by atoms with E-state index in [9.17, 15) is 13.2 Å². The van der Waals surface area contributed by atoms with Crippen LogP contribution in [-0.2, 0) is 21.2 Å². The zero-order valence-electron chi connectivity index (χ0n) is 18.1. The van der Waals surface area contributed by atoms with Crippen LogP contribution in [0.3, 0.4) is 0 Å². The molecule has 2 aliphatic heterocycles. The predicted molar refractivity (Wildman–Crippen MR) is 127 cm³/mol. The normalized spacial score (nSPS) is 16.7. The summed E-state index contributed by atoms with van der Waals surface area (Å²) in [7, 11) is -3.48. The van der Waals surface area contributed by atoms with Crippen molar-refractivity contribution in [3.05, 3.63) is 60.4 Å². The summed E-state index contributed by atoms with van der Waals surface area (Å²) in [4.78, 5) is 15.1. The molecule has 0 N–H and O–H groups in total. The highest BCUT2D eigenvalue weighted by Crippen LogP contribution is 2.32. The number of aromatic nitrogens is 3. The number of amides is 1. The van der Waals surface area contributed by atoms with Crippen molar-refractivity contribution >= 4 is 33.4 Å². The number of anilines is 1. The van der Waals surface area contributed by atoms with Crippen LogP contribution in [0.4, 0.5) is 5.69 Å². The molecule has 0 bridgehead atoms. The first kappa shape index (κ1) is 22.1. The van der Waals surface area contributed by atoms with Crippen molar-refractivity contribution < 1.29 is 13.2 Å². The van der Waals surface area contributed by atoms with Crippen LogP contribution in [0.2, 0.25) is 0 Å². The zero-order valence-corrected chi connectivity index (χ0v) is 19.8. The van der Waals surface area contributed by atoms with Gasteiger partial charge in [-0.15, -0.1) is 10.2 Å². The number of hydrogen-bond donors (Lipinski definition) is 0. The minimum absolute atomic E-state index is 0.0343. The quantitative estimate of drug-likeness (QED) is 0.501. The first-order chi connectivity index (χ1) is 16.0. The Morgan fingerprint density at radius 1 is 1.00 bits per heavy atom. The van der Waals surface area contributed by atoms with E-state index in [1.165, 1.54) is 11.8 Å². The van der Waals surface area contributed by atoms with Gasteiger partial charge in [-0.25, -0.2) is 8.42 Å². The molecule has 5 rings (SSSR count). The number of carbonyl (C=O) groups excluding carboxylic acids is 1. The molecule has 2 aliphatic rings. The number of hydrogen-bond acceptors (Lipinski definition) is 6. The predicted octanol–water partition coefficient (Wildman–Crippen LogP) is 3.12. The van der Waals surface area contributed by atoms with E-state index in [2.05, 4.69) is 10.2 Å². The zero-order chi connectivity index (χ0) is 22.8. The maximum Gasteiger partial charge on any atom is 0.243 e. The number of para-hydroxylation sites is 1. The molecule has 172 valence electrons. The molecule has 33 heavy (non-hydrogen) atoms. The molecule has 1 amide bonds. The maximum atomic E-state index is 13.0. The van der Waals surface area contributed by atoms with E-state index < -0.39 is 10.0 Å². The van der Waals surface area contributed by atoms with Gasteiger partial charge in [0.1, 0.15) is 6.33 Å². The number of nitrogens with zero attached hydrogens (tertiary/aromatic N) is 5. The second kappa shape index (κ2) is 9.28. The number of rotatable bonds is 6. The lowest BCUT2D eigenvalue weighted by Crippen LogP contribution is -2.35. The molecule has 3 heterocycles. The monoisotopic (exact) mass is 483 g/mol. The number of fused-ring (bicyclic) bond motifs is 1. The van der Waals surface area contributed by atoms with Gasteiger partial charge in [0.2, 0.25) is 15.9 Å². The van der Waals surface area contributed by atoms with Crippen LogP contribution in [0, 0.1) is 0 Å². The minimum atomic E-state index is -3.48. The highest BCUT2D eigenvalue weighted by molar-refractivity contribution is 7.99.